The van der Waals surface area contributed by atoms with Crippen LogP contribution in [0, 0.1) is 0 Å². The van der Waals surface area contributed by atoms with Gasteiger partial charge in [0.15, 0.2) is 4.33 Å². The second-order valence-electron chi connectivity index (χ2n) is 4.19. The third-order valence-electron chi connectivity index (χ3n) is 2.79. The van der Waals surface area contributed by atoms with Crippen molar-refractivity contribution in [2.24, 2.45) is 0 Å². The summed E-state index contributed by atoms with van der Waals surface area (Å²) in [6.45, 7) is 0.694. The minimum atomic E-state index is -1.22. The molecule has 1 aliphatic rings. The molecule has 0 radical (unpaired) electrons. The summed E-state index contributed by atoms with van der Waals surface area (Å²) < 4.78 is -1.22. The third kappa shape index (κ3) is 5.07. The van der Waals surface area contributed by atoms with Gasteiger partial charge in [0, 0.05) is 6.54 Å². The number of carbonyl (C=O) groups excluding carboxylic acids is 1. The largest absolute Gasteiger partial charge is 0.353 e. The lowest BCUT2D eigenvalue weighted by molar-refractivity contribution is -0.121. The molecule has 1 N–H and O–H groups in total. The first-order valence-electron chi connectivity index (χ1n) is 5.79. The fourth-order valence-electron chi connectivity index (χ4n) is 1.80. The summed E-state index contributed by atoms with van der Waals surface area (Å²) in [4.78, 5) is 11.6. The van der Waals surface area contributed by atoms with Crippen LogP contribution in [0.3, 0.4) is 0 Å². The Morgan fingerprint density at radius 1 is 0.933 bits per heavy atom. The Hall–Kier alpha value is 0.0500. The van der Waals surface area contributed by atoms with Gasteiger partial charge in [-0.25, -0.2) is 0 Å². The van der Waals surface area contributed by atoms with Crippen LogP contribution in [0.2, 0.25) is 0 Å². The monoisotopic (exact) mass is 251 g/mol. The van der Waals surface area contributed by atoms with Crippen LogP contribution >= 0.6 is 23.2 Å². The predicted octanol–water partition coefficient (Wildman–Crippen LogP) is 3.41. The molecule has 1 heterocycles. The number of alkyl halides is 2. The molecular formula is C11H19Cl2NO. The van der Waals surface area contributed by atoms with Crippen LogP contribution < -0.4 is 5.32 Å². The van der Waals surface area contributed by atoms with Crippen LogP contribution in [0.5, 0.6) is 0 Å². The zero-order valence-electron chi connectivity index (χ0n) is 9.03. The van der Waals surface area contributed by atoms with Gasteiger partial charge in [-0.05, 0) is 19.3 Å². The number of halogens is 2. The van der Waals surface area contributed by atoms with Crippen LogP contribution in [0.25, 0.3) is 0 Å². The van der Waals surface area contributed by atoms with Crippen molar-refractivity contribution in [1.29, 1.82) is 0 Å². The Bertz CT molecular complexity index is 207. The number of hydrogen-bond donors (Lipinski definition) is 1. The molecule has 0 atom stereocenters. The van der Waals surface area contributed by atoms with E-state index in [2.05, 4.69) is 5.32 Å². The van der Waals surface area contributed by atoms with Gasteiger partial charge in [0.1, 0.15) is 0 Å². The summed E-state index contributed by atoms with van der Waals surface area (Å²) in [6.07, 6.45) is 8.59. The second kappa shape index (κ2) is 6.59. The molecule has 0 aliphatic carbocycles. The van der Waals surface area contributed by atoms with Crippen LogP contribution in [-0.2, 0) is 4.79 Å². The summed E-state index contributed by atoms with van der Waals surface area (Å²) in [7, 11) is 0. The lowest BCUT2D eigenvalue weighted by Gasteiger charge is -2.19. The molecule has 1 rings (SSSR count). The molecule has 1 fully saturated rings. The SMILES string of the molecule is O=C1NCCCCCCCCCC1(Cl)Cl. The predicted molar refractivity (Wildman–Crippen MR) is 64.4 cm³/mol. The molecule has 15 heavy (non-hydrogen) atoms. The molecule has 0 bridgehead atoms. The van der Waals surface area contributed by atoms with Crippen molar-refractivity contribution in [1.82, 2.24) is 5.32 Å². The summed E-state index contributed by atoms with van der Waals surface area (Å²) in [5.74, 6) is -0.230. The normalized spacial score (nSPS) is 24.8. The van der Waals surface area contributed by atoms with Crippen LogP contribution in [-0.4, -0.2) is 16.8 Å². The standard InChI is InChI=1S/C11H19Cl2NO/c12-11(13)8-6-4-2-1-3-5-7-9-14-10(11)15/h1-9H2,(H,14,15). The van der Waals surface area contributed by atoms with Crippen molar-refractivity contribution in [2.75, 3.05) is 6.54 Å². The highest BCUT2D eigenvalue weighted by Crippen LogP contribution is 2.28. The maximum atomic E-state index is 11.6. The van der Waals surface area contributed by atoms with Gasteiger partial charge in [-0.15, -0.1) is 0 Å². The van der Waals surface area contributed by atoms with Gasteiger partial charge in [0.2, 0.25) is 0 Å². The van der Waals surface area contributed by atoms with E-state index < -0.39 is 4.33 Å². The van der Waals surface area contributed by atoms with E-state index in [9.17, 15) is 4.79 Å². The average Bonchev–Trinajstić information content (AvgIpc) is 2.18. The van der Waals surface area contributed by atoms with Gasteiger partial charge >= 0.3 is 0 Å². The number of rotatable bonds is 0. The Kier molecular flexibility index (Phi) is 5.77. The highest BCUT2D eigenvalue weighted by Gasteiger charge is 2.32. The fraction of sp³-hybridized carbons (Fsp3) is 0.909. The summed E-state index contributed by atoms with van der Waals surface area (Å²) >= 11 is 11.9. The summed E-state index contributed by atoms with van der Waals surface area (Å²) in [6, 6.07) is 0. The first-order chi connectivity index (χ1) is 7.13. The van der Waals surface area contributed by atoms with E-state index in [1.54, 1.807) is 0 Å². The highest BCUT2D eigenvalue weighted by atomic mass is 35.5. The molecule has 2 nitrogen and oxygen atoms in total. The van der Waals surface area contributed by atoms with E-state index in [0.717, 1.165) is 19.3 Å². The second-order valence-corrected chi connectivity index (χ2v) is 5.67. The van der Waals surface area contributed by atoms with Gasteiger partial charge < -0.3 is 5.32 Å². The molecule has 0 aromatic rings. The Morgan fingerprint density at radius 2 is 1.47 bits per heavy atom. The third-order valence-corrected chi connectivity index (χ3v) is 3.51. The van der Waals surface area contributed by atoms with Crippen LogP contribution in [0.15, 0.2) is 0 Å². The van der Waals surface area contributed by atoms with E-state index in [1.807, 2.05) is 0 Å². The molecule has 0 aromatic carbocycles. The molecule has 0 saturated carbocycles. The first-order valence-corrected chi connectivity index (χ1v) is 6.55. The molecular weight excluding hydrogens is 233 g/mol. The molecule has 4 heteroatoms. The molecule has 0 aromatic heterocycles. The lowest BCUT2D eigenvalue weighted by atomic mass is 10.1. The van der Waals surface area contributed by atoms with Crippen molar-refractivity contribution >= 4 is 29.1 Å². The van der Waals surface area contributed by atoms with Gasteiger partial charge in [-0.3, -0.25) is 4.79 Å². The summed E-state index contributed by atoms with van der Waals surface area (Å²) in [5, 5.41) is 2.79. The van der Waals surface area contributed by atoms with E-state index in [1.165, 1.54) is 25.7 Å². The van der Waals surface area contributed by atoms with Crippen molar-refractivity contribution in [2.45, 2.75) is 55.7 Å². The quantitative estimate of drug-likeness (QED) is 0.657. The van der Waals surface area contributed by atoms with E-state index in [-0.39, 0.29) is 5.91 Å². The van der Waals surface area contributed by atoms with E-state index >= 15 is 0 Å². The maximum absolute atomic E-state index is 11.6. The minimum Gasteiger partial charge on any atom is -0.353 e. The van der Waals surface area contributed by atoms with Gasteiger partial charge in [-0.1, -0.05) is 55.3 Å². The molecule has 88 valence electrons. The molecule has 1 saturated heterocycles. The maximum Gasteiger partial charge on any atom is 0.256 e. The van der Waals surface area contributed by atoms with E-state index in [4.69, 9.17) is 23.2 Å². The number of hydrogen-bond acceptors (Lipinski definition) is 1. The molecule has 1 amide bonds. The topological polar surface area (TPSA) is 29.1 Å². The van der Waals surface area contributed by atoms with Crippen molar-refractivity contribution in [3.63, 3.8) is 0 Å². The van der Waals surface area contributed by atoms with Crippen LogP contribution in [0.4, 0.5) is 0 Å². The molecule has 0 spiro atoms. The minimum absolute atomic E-state index is 0.230. The van der Waals surface area contributed by atoms with Gasteiger partial charge in [0.05, 0.1) is 0 Å². The first kappa shape index (κ1) is 13.1. The van der Waals surface area contributed by atoms with Gasteiger partial charge in [0.25, 0.3) is 5.91 Å². The highest BCUT2D eigenvalue weighted by molar-refractivity contribution is 6.58. The number of carbonyl (C=O) groups is 1. The Labute approximate surface area is 102 Å². The zero-order valence-corrected chi connectivity index (χ0v) is 10.5. The van der Waals surface area contributed by atoms with E-state index in [0.29, 0.717) is 13.0 Å². The van der Waals surface area contributed by atoms with Crippen molar-refractivity contribution in [3.8, 4) is 0 Å². The number of nitrogens with one attached hydrogen (secondary N) is 1. The Balaban J connectivity index is 2.42. The summed E-state index contributed by atoms with van der Waals surface area (Å²) in [5.41, 5.74) is 0. The van der Waals surface area contributed by atoms with Crippen molar-refractivity contribution < 1.29 is 4.79 Å². The fourth-order valence-corrected chi connectivity index (χ4v) is 2.20. The zero-order chi connectivity index (χ0) is 11.1. The Morgan fingerprint density at radius 3 is 2.13 bits per heavy atom. The van der Waals surface area contributed by atoms with Crippen molar-refractivity contribution in [3.05, 3.63) is 0 Å². The molecule has 0 unspecified atom stereocenters. The smallest absolute Gasteiger partial charge is 0.256 e. The van der Waals surface area contributed by atoms with Crippen LogP contribution in [0.1, 0.15) is 51.4 Å². The lowest BCUT2D eigenvalue weighted by Crippen LogP contribution is -2.39. The van der Waals surface area contributed by atoms with Gasteiger partial charge in [-0.2, -0.15) is 0 Å². The average molecular weight is 252 g/mol. The molecule has 1 aliphatic heterocycles. The number of amides is 1.